The molecule has 0 radical (unpaired) electrons. The van der Waals surface area contributed by atoms with Crippen molar-refractivity contribution in [3.8, 4) is 50.7 Å². The summed E-state index contributed by atoms with van der Waals surface area (Å²) < 4.78 is 4.80. The number of nitrogens with zero attached hydrogens (tertiary/aromatic N) is 4. The molecule has 4 nitrogen and oxygen atoms in total. The average molecular weight is 617 g/mol. The van der Waals surface area contributed by atoms with E-state index < -0.39 is 0 Å². The van der Waals surface area contributed by atoms with E-state index in [4.69, 9.17) is 9.97 Å². The van der Waals surface area contributed by atoms with Crippen molar-refractivity contribution in [1.29, 1.82) is 0 Å². The minimum Gasteiger partial charge on any atom is -0.293 e. The van der Waals surface area contributed by atoms with Gasteiger partial charge in [-0.25, -0.2) is 9.97 Å². The molecule has 48 heavy (non-hydrogen) atoms. The summed E-state index contributed by atoms with van der Waals surface area (Å²) in [5, 5.41) is 1.22. The van der Waals surface area contributed by atoms with E-state index in [1.165, 1.54) is 38.6 Å². The Hall–Kier alpha value is -6.26. The first-order chi connectivity index (χ1) is 23.6. The highest BCUT2D eigenvalue weighted by atomic mass is 15.1. The van der Waals surface area contributed by atoms with Crippen molar-refractivity contribution in [2.75, 3.05) is 0 Å². The van der Waals surface area contributed by atoms with Crippen LogP contribution in [-0.2, 0) is 0 Å². The van der Waals surface area contributed by atoms with Crippen LogP contribution >= 0.6 is 0 Å². The SMILES string of the molecule is Cc1ccc(-c2cc(-c3ccc(-c4c5ccccc5n5c6ccccc6n(-c6ccccc6)c45)cc3)nc(-c3ccc(C)cc3)n2)cc1. The number of hydrogen-bond acceptors (Lipinski definition) is 2. The fraction of sp³-hybridized carbons (Fsp3) is 0.0455. The highest BCUT2D eigenvalue weighted by Gasteiger charge is 2.22. The second-order valence-corrected chi connectivity index (χ2v) is 12.5. The standard InChI is InChI=1S/C44H32N4/c1-29-16-20-31(21-17-29)37-28-38(46-43(45-37)34-22-18-30(2)19-23-34)32-24-26-33(27-25-32)42-36-12-6-7-13-39(36)48-41-15-9-8-14-40(41)47(44(42)48)35-10-4-3-5-11-35/h3-28H,1-2H3. The van der Waals surface area contributed by atoms with Gasteiger partial charge in [-0.1, -0.05) is 132 Å². The van der Waals surface area contributed by atoms with Gasteiger partial charge in [-0.05, 0) is 55.8 Å². The Morgan fingerprint density at radius 2 is 0.938 bits per heavy atom. The number of benzene rings is 6. The second kappa shape index (κ2) is 11.2. The molecule has 0 amide bonds. The molecule has 0 saturated heterocycles. The Morgan fingerprint density at radius 1 is 0.438 bits per heavy atom. The van der Waals surface area contributed by atoms with Gasteiger partial charge in [0.05, 0.1) is 27.9 Å². The van der Waals surface area contributed by atoms with Crippen LogP contribution in [0.4, 0.5) is 0 Å². The third-order valence-corrected chi connectivity index (χ3v) is 9.29. The summed E-state index contributed by atoms with van der Waals surface area (Å²) in [6.45, 7) is 4.21. The normalized spacial score (nSPS) is 11.5. The number of fused-ring (bicyclic) bond motifs is 5. The molecule has 0 saturated carbocycles. The van der Waals surface area contributed by atoms with E-state index in [-0.39, 0.29) is 0 Å². The number of aromatic nitrogens is 4. The predicted molar refractivity (Wildman–Crippen MR) is 199 cm³/mol. The summed E-state index contributed by atoms with van der Waals surface area (Å²) >= 11 is 0. The molecule has 228 valence electrons. The van der Waals surface area contributed by atoms with Crippen LogP contribution in [0.2, 0.25) is 0 Å². The molecule has 3 aromatic heterocycles. The smallest absolute Gasteiger partial charge is 0.160 e. The number of rotatable bonds is 5. The summed E-state index contributed by atoms with van der Waals surface area (Å²) in [5.74, 6) is 0.722. The first kappa shape index (κ1) is 28.0. The quantitative estimate of drug-likeness (QED) is 0.193. The van der Waals surface area contributed by atoms with Crippen LogP contribution in [0.25, 0.3) is 78.3 Å². The van der Waals surface area contributed by atoms with Crippen LogP contribution in [0.3, 0.4) is 0 Å². The van der Waals surface area contributed by atoms with E-state index in [1.807, 2.05) is 0 Å². The molecule has 0 bridgehead atoms. The number of imidazole rings is 1. The third-order valence-electron chi connectivity index (χ3n) is 9.29. The summed E-state index contributed by atoms with van der Waals surface area (Å²) in [6, 6.07) is 56.0. The molecule has 0 aliphatic rings. The maximum absolute atomic E-state index is 5.10. The lowest BCUT2D eigenvalue weighted by molar-refractivity contribution is 1.15. The minimum atomic E-state index is 0.722. The molecule has 0 unspecified atom stereocenters. The van der Waals surface area contributed by atoms with E-state index in [9.17, 15) is 0 Å². The molecule has 9 rings (SSSR count). The van der Waals surface area contributed by atoms with Crippen molar-refractivity contribution < 1.29 is 0 Å². The van der Waals surface area contributed by atoms with Gasteiger partial charge in [0.2, 0.25) is 0 Å². The zero-order valence-electron chi connectivity index (χ0n) is 26.8. The van der Waals surface area contributed by atoms with Crippen LogP contribution < -0.4 is 0 Å². The Balaban J connectivity index is 1.24. The Labute approximate surface area is 279 Å². The van der Waals surface area contributed by atoms with Crippen LogP contribution in [0.5, 0.6) is 0 Å². The lowest BCUT2D eigenvalue weighted by Crippen LogP contribution is -1.96. The molecule has 3 heterocycles. The largest absolute Gasteiger partial charge is 0.293 e. The van der Waals surface area contributed by atoms with Crippen LogP contribution in [0.15, 0.2) is 158 Å². The second-order valence-electron chi connectivity index (χ2n) is 12.5. The van der Waals surface area contributed by atoms with Gasteiger partial charge in [0, 0.05) is 33.3 Å². The molecule has 0 aliphatic heterocycles. The zero-order valence-corrected chi connectivity index (χ0v) is 26.8. The van der Waals surface area contributed by atoms with Gasteiger partial charge >= 0.3 is 0 Å². The van der Waals surface area contributed by atoms with E-state index >= 15 is 0 Å². The lowest BCUT2D eigenvalue weighted by Gasteiger charge is -2.11. The van der Waals surface area contributed by atoms with E-state index in [0.29, 0.717) is 0 Å². The topological polar surface area (TPSA) is 35.1 Å². The van der Waals surface area contributed by atoms with Crippen LogP contribution in [0, 0.1) is 13.8 Å². The minimum absolute atomic E-state index is 0.722. The van der Waals surface area contributed by atoms with Gasteiger partial charge in [0.25, 0.3) is 0 Å². The van der Waals surface area contributed by atoms with Gasteiger partial charge in [-0.15, -0.1) is 0 Å². The van der Waals surface area contributed by atoms with Crippen molar-refractivity contribution in [2.45, 2.75) is 13.8 Å². The van der Waals surface area contributed by atoms with Crippen LogP contribution in [-0.4, -0.2) is 18.9 Å². The molecule has 6 aromatic carbocycles. The molecule has 0 atom stereocenters. The first-order valence-corrected chi connectivity index (χ1v) is 16.3. The number of aryl methyl sites for hydroxylation is 2. The Bertz CT molecular complexity index is 2530. The number of para-hydroxylation sites is 4. The van der Waals surface area contributed by atoms with Crippen LogP contribution in [0.1, 0.15) is 11.1 Å². The van der Waals surface area contributed by atoms with E-state index in [0.717, 1.165) is 50.8 Å². The van der Waals surface area contributed by atoms with Gasteiger partial charge in [0.15, 0.2) is 5.82 Å². The molecule has 4 heteroatoms. The van der Waals surface area contributed by atoms with E-state index in [2.05, 4.69) is 181 Å². The molecular formula is C44H32N4. The van der Waals surface area contributed by atoms with E-state index in [1.54, 1.807) is 0 Å². The molecule has 0 aliphatic carbocycles. The maximum atomic E-state index is 5.10. The predicted octanol–water partition coefficient (Wildman–Crippen LogP) is 11.1. The Kier molecular flexibility index (Phi) is 6.54. The molecule has 0 N–H and O–H groups in total. The third kappa shape index (κ3) is 4.61. The zero-order chi connectivity index (χ0) is 32.2. The molecule has 9 aromatic rings. The summed E-state index contributed by atoms with van der Waals surface area (Å²) in [6.07, 6.45) is 0. The van der Waals surface area contributed by atoms with Crippen molar-refractivity contribution >= 4 is 27.6 Å². The molecule has 0 fully saturated rings. The number of hydrogen-bond donors (Lipinski definition) is 0. The highest BCUT2D eigenvalue weighted by Crippen LogP contribution is 2.41. The average Bonchev–Trinajstić information content (AvgIpc) is 3.65. The maximum Gasteiger partial charge on any atom is 0.160 e. The lowest BCUT2D eigenvalue weighted by atomic mass is 10.0. The summed E-state index contributed by atoms with van der Waals surface area (Å²) in [4.78, 5) is 10.1. The summed E-state index contributed by atoms with van der Waals surface area (Å²) in [7, 11) is 0. The van der Waals surface area contributed by atoms with Crippen molar-refractivity contribution in [3.63, 3.8) is 0 Å². The summed E-state index contributed by atoms with van der Waals surface area (Å²) in [5.41, 5.74) is 15.6. The highest BCUT2D eigenvalue weighted by molar-refractivity contribution is 6.09. The fourth-order valence-corrected chi connectivity index (χ4v) is 6.87. The monoisotopic (exact) mass is 616 g/mol. The van der Waals surface area contributed by atoms with Crippen molar-refractivity contribution in [3.05, 3.63) is 169 Å². The fourth-order valence-electron chi connectivity index (χ4n) is 6.87. The van der Waals surface area contributed by atoms with Gasteiger partial charge in [-0.3, -0.25) is 8.97 Å². The van der Waals surface area contributed by atoms with Crippen molar-refractivity contribution in [2.24, 2.45) is 0 Å². The first-order valence-electron chi connectivity index (χ1n) is 16.3. The van der Waals surface area contributed by atoms with Gasteiger partial charge in [0.1, 0.15) is 5.65 Å². The van der Waals surface area contributed by atoms with Crippen molar-refractivity contribution in [1.82, 2.24) is 18.9 Å². The molecule has 0 spiro atoms. The van der Waals surface area contributed by atoms with Gasteiger partial charge < -0.3 is 0 Å². The molecular weight excluding hydrogens is 585 g/mol. The van der Waals surface area contributed by atoms with Gasteiger partial charge in [-0.2, -0.15) is 0 Å². The Morgan fingerprint density at radius 3 is 1.58 bits per heavy atom.